The minimum atomic E-state index is -4.39. The van der Waals surface area contributed by atoms with Crippen LogP contribution in [0.3, 0.4) is 0 Å². The predicted molar refractivity (Wildman–Crippen MR) is 118 cm³/mol. The lowest BCUT2D eigenvalue weighted by atomic mass is 10.1. The summed E-state index contributed by atoms with van der Waals surface area (Å²) in [5, 5.41) is 8.75. The molecular formula is C23H18F3N3O3S. The number of alkyl halides is 3. The summed E-state index contributed by atoms with van der Waals surface area (Å²) in [5.74, 6) is 0.510. The van der Waals surface area contributed by atoms with Gasteiger partial charge in [0.25, 0.3) is 0 Å². The molecule has 4 aromatic rings. The summed E-state index contributed by atoms with van der Waals surface area (Å²) in [6.07, 6.45) is -2.74. The number of imidazole rings is 1. The topological polar surface area (TPSA) is 88.1 Å². The van der Waals surface area contributed by atoms with Gasteiger partial charge in [0.15, 0.2) is 12.3 Å². The molecular weight excluding hydrogens is 455 g/mol. The van der Waals surface area contributed by atoms with E-state index in [0.717, 1.165) is 28.2 Å². The number of carboxylic acid groups (broad SMARTS) is 1. The first-order valence-corrected chi connectivity index (χ1v) is 10.8. The molecule has 0 aliphatic heterocycles. The van der Waals surface area contributed by atoms with Gasteiger partial charge in [-0.25, -0.2) is 14.8 Å². The smallest absolute Gasteiger partial charge is 0.416 e. The number of halogens is 3. The van der Waals surface area contributed by atoms with Gasteiger partial charge >= 0.3 is 12.1 Å². The second-order valence-corrected chi connectivity index (χ2v) is 8.27. The molecule has 0 atom stereocenters. The zero-order chi connectivity index (χ0) is 23.6. The van der Waals surface area contributed by atoms with Crippen LogP contribution in [0.4, 0.5) is 13.2 Å². The molecule has 0 saturated heterocycles. The Morgan fingerprint density at radius 3 is 2.58 bits per heavy atom. The normalized spacial score (nSPS) is 11.6. The van der Waals surface area contributed by atoms with Crippen LogP contribution in [0.1, 0.15) is 16.7 Å². The summed E-state index contributed by atoms with van der Waals surface area (Å²) in [6, 6.07) is 12.2. The fourth-order valence-corrected chi connectivity index (χ4v) is 4.19. The number of nitrogens with one attached hydrogen (secondary N) is 1. The Hall–Kier alpha value is -3.53. The van der Waals surface area contributed by atoms with E-state index in [2.05, 4.69) is 15.0 Å². The van der Waals surface area contributed by atoms with Crippen LogP contribution in [-0.4, -0.2) is 32.6 Å². The molecule has 2 N–H and O–H groups in total. The van der Waals surface area contributed by atoms with E-state index in [9.17, 15) is 18.0 Å². The van der Waals surface area contributed by atoms with Crippen molar-refractivity contribution in [2.45, 2.75) is 23.7 Å². The molecule has 10 heteroatoms. The standard InChI is InChI=1S/C23H18F3N3O3S/c1-13-10-17(6-7-18(13)32-11-19(30)31)33-12-15-8-9-27-22-20(15)28-21(29-22)14-2-4-16(5-3-14)23(24,25)26/h2-10H,11-12H2,1H3,(H,30,31)(H,27,28,29). The molecule has 2 aromatic carbocycles. The first-order valence-electron chi connectivity index (χ1n) is 9.80. The summed E-state index contributed by atoms with van der Waals surface area (Å²) in [5.41, 5.74) is 2.77. The second kappa shape index (κ2) is 9.14. The van der Waals surface area contributed by atoms with Gasteiger partial charge in [-0.2, -0.15) is 13.2 Å². The van der Waals surface area contributed by atoms with E-state index in [-0.39, 0.29) is 0 Å². The van der Waals surface area contributed by atoms with Gasteiger partial charge in [-0.15, -0.1) is 11.8 Å². The van der Waals surface area contributed by atoms with Crippen molar-refractivity contribution in [1.82, 2.24) is 15.0 Å². The molecule has 2 aromatic heterocycles. The number of carbonyl (C=O) groups is 1. The third-order valence-electron chi connectivity index (χ3n) is 4.85. The summed E-state index contributed by atoms with van der Waals surface area (Å²) < 4.78 is 43.7. The van der Waals surface area contributed by atoms with Crippen LogP contribution in [0.25, 0.3) is 22.6 Å². The number of aliphatic carboxylic acids is 1. The van der Waals surface area contributed by atoms with E-state index < -0.39 is 24.3 Å². The molecule has 0 aliphatic carbocycles. The third-order valence-corrected chi connectivity index (χ3v) is 5.89. The van der Waals surface area contributed by atoms with E-state index in [4.69, 9.17) is 9.84 Å². The molecule has 0 radical (unpaired) electrons. The highest BCUT2D eigenvalue weighted by Crippen LogP contribution is 2.32. The molecule has 2 heterocycles. The molecule has 0 bridgehead atoms. The van der Waals surface area contributed by atoms with Crippen LogP contribution in [0.2, 0.25) is 0 Å². The predicted octanol–water partition coefficient (Wildman–Crippen LogP) is 5.71. The zero-order valence-corrected chi connectivity index (χ0v) is 18.1. The van der Waals surface area contributed by atoms with Crippen molar-refractivity contribution >= 4 is 28.9 Å². The number of H-pyrrole nitrogens is 1. The monoisotopic (exact) mass is 473 g/mol. The second-order valence-electron chi connectivity index (χ2n) is 7.23. The van der Waals surface area contributed by atoms with E-state index in [0.29, 0.717) is 34.1 Å². The summed E-state index contributed by atoms with van der Waals surface area (Å²) in [6.45, 7) is 1.44. The van der Waals surface area contributed by atoms with Crippen molar-refractivity contribution in [3.63, 3.8) is 0 Å². The van der Waals surface area contributed by atoms with Gasteiger partial charge in [0.05, 0.1) is 5.56 Å². The Morgan fingerprint density at radius 2 is 1.91 bits per heavy atom. The number of nitrogens with zero attached hydrogens (tertiary/aromatic N) is 2. The number of hydrogen-bond donors (Lipinski definition) is 2. The zero-order valence-electron chi connectivity index (χ0n) is 17.3. The molecule has 0 unspecified atom stereocenters. The summed E-state index contributed by atoms with van der Waals surface area (Å²) in [7, 11) is 0. The molecule has 0 spiro atoms. The number of thioether (sulfide) groups is 1. The molecule has 170 valence electrons. The lowest BCUT2D eigenvalue weighted by Crippen LogP contribution is -2.09. The fraction of sp³-hybridized carbons (Fsp3) is 0.174. The Labute approximate surface area is 190 Å². The van der Waals surface area contributed by atoms with Gasteiger partial charge in [-0.1, -0.05) is 12.1 Å². The van der Waals surface area contributed by atoms with E-state index in [1.165, 1.54) is 12.1 Å². The van der Waals surface area contributed by atoms with Gasteiger partial charge in [-0.05, 0) is 54.4 Å². The molecule has 4 rings (SSSR count). The number of carboxylic acids is 1. The van der Waals surface area contributed by atoms with Crippen LogP contribution in [-0.2, 0) is 16.7 Å². The van der Waals surface area contributed by atoms with Crippen molar-refractivity contribution < 1.29 is 27.8 Å². The third kappa shape index (κ3) is 5.28. The lowest BCUT2D eigenvalue weighted by molar-refractivity contribution is -0.139. The van der Waals surface area contributed by atoms with Gasteiger partial charge in [-0.3, -0.25) is 0 Å². The highest BCUT2D eigenvalue weighted by Gasteiger charge is 2.30. The number of hydrogen-bond acceptors (Lipinski definition) is 5. The number of ether oxygens (including phenoxy) is 1. The number of aryl methyl sites for hydroxylation is 1. The molecule has 0 aliphatic rings. The highest BCUT2D eigenvalue weighted by atomic mass is 32.2. The molecule has 33 heavy (non-hydrogen) atoms. The van der Waals surface area contributed by atoms with Crippen LogP contribution >= 0.6 is 11.8 Å². The van der Waals surface area contributed by atoms with Crippen LogP contribution in [0.5, 0.6) is 5.75 Å². The highest BCUT2D eigenvalue weighted by molar-refractivity contribution is 7.98. The number of pyridine rings is 1. The van der Waals surface area contributed by atoms with Crippen molar-refractivity contribution in [2.75, 3.05) is 6.61 Å². The fourth-order valence-electron chi connectivity index (χ4n) is 3.21. The maximum atomic E-state index is 12.8. The number of rotatable bonds is 7. The van der Waals surface area contributed by atoms with Crippen LogP contribution in [0.15, 0.2) is 59.6 Å². The lowest BCUT2D eigenvalue weighted by Gasteiger charge is -2.09. The number of aromatic nitrogens is 3. The molecule has 6 nitrogen and oxygen atoms in total. The Morgan fingerprint density at radius 1 is 1.15 bits per heavy atom. The Kier molecular flexibility index (Phi) is 6.28. The number of aromatic amines is 1. The average Bonchev–Trinajstić information content (AvgIpc) is 3.21. The van der Waals surface area contributed by atoms with Gasteiger partial charge in [0, 0.05) is 22.4 Å². The molecule has 0 amide bonds. The first kappa shape index (κ1) is 22.7. The largest absolute Gasteiger partial charge is 0.482 e. The SMILES string of the molecule is Cc1cc(SCc2ccnc3[nH]c(-c4ccc(C(F)(F)F)cc4)nc23)ccc1OCC(=O)O. The summed E-state index contributed by atoms with van der Waals surface area (Å²) in [4.78, 5) is 23.6. The maximum Gasteiger partial charge on any atom is 0.416 e. The number of benzene rings is 2. The van der Waals surface area contributed by atoms with Crippen molar-refractivity contribution in [2.24, 2.45) is 0 Å². The van der Waals surface area contributed by atoms with Gasteiger partial charge in [0.1, 0.15) is 17.1 Å². The van der Waals surface area contributed by atoms with Gasteiger partial charge in [0.2, 0.25) is 0 Å². The van der Waals surface area contributed by atoms with E-state index >= 15 is 0 Å². The summed E-state index contributed by atoms with van der Waals surface area (Å²) >= 11 is 1.57. The van der Waals surface area contributed by atoms with Crippen LogP contribution < -0.4 is 4.74 Å². The Bertz CT molecular complexity index is 1300. The van der Waals surface area contributed by atoms with Crippen molar-refractivity contribution in [3.8, 4) is 17.1 Å². The number of fused-ring (bicyclic) bond motifs is 1. The van der Waals surface area contributed by atoms with Crippen molar-refractivity contribution in [3.05, 3.63) is 71.4 Å². The average molecular weight is 473 g/mol. The minimum absolute atomic E-state index is 0.400. The van der Waals surface area contributed by atoms with E-state index in [1.54, 1.807) is 24.0 Å². The quantitative estimate of drug-likeness (QED) is 0.335. The van der Waals surface area contributed by atoms with E-state index in [1.807, 2.05) is 25.1 Å². The maximum absolute atomic E-state index is 12.8. The first-order chi connectivity index (χ1) is 15.7. The molecule has 0 fully saturated rings. The van der Waals surface area contributed by atoms with Gasteiger partial charge < -0.3 is 14.8 Å². The minimum Gasteiger partial charge on any atom is -0.482 e. The molecule has 0 saturated carbocycles. The Balaban J connectivity index is 1.52. The van der Waals surface area contributed by atoms with Crippen molar-refractivity contribution in [1.29, 1.82) is 0 Å². The van der Waals surface area contributed by atoms with Crippen LogP contribution in [0, 0.1) is 6.92 Å².